The van der Waals surface area contributed by atoms with E-state index >= 15 is 0 Å². The van der Waals surface area contributed by atoms with E-state index in [4.69, 9.17) is 5.73 Å². The molecule has 5 nitrogen and oxygen atoms in total. The van der Waals surface area contributed by atoms with E-state index < -0.39 is 12.2 Å². The maximum atomic E-state index is 12.1. The smallest absolute Gasteiger partial charge is 0.223 e. The average Bonchev–Trinajstić information content (AvgIpc) is 2.75. The quantitative estimate of drug-likeness (QED) is 0.614. The second-order valence-corrected chi connectivity index (χ2v) is 5.48. The molecule has 5 N–H and O–H groups in total. The van der Waals surface area contributed by atoms with Crippen LogP contribution in [0.1, 0.15) is 30.5 Å². The molecule has 20 heavy (non-hydrogen) atoms. The molecule has 0 radical (unpaired) electrons. The minimum Gasteiger partial charge on any atom is -0.392 e. The summed E-state index contributed by atoms with van der Waals surface area (Å²) in [5.74, 6) is -0.508. The average molecular weight is 278 g/mol. The molecule has 110 valence electrons. The molecule has 1 amide bonds. The predicted molar refractivity (Wildman–Crippen MR) is 75.9 cm³/mol. The van der Waals surface area contributed by atoms with Crippen LogP contribution in [0.5, 0.6) is 0 Å². The lowest BCUT2D eigenvalue weighted by Gasteiger charge is -2.21. The number of nitrogens with two attached hydrogens (primary N) is 1. The first-order valence-electron chi connectivity index (χ1n) is 6.97. The van der Waals surface area contributed by atoms with E-state index in [2.05, 4.69) is 5.32 Å². The van der Waals surface area contributed by atoms with Gasteiger partial charge in [-0.05, 0) is 17.5 Å². The number of carbonyl (C=O) groups excluding carboxylic acids is 1. The summed E-state index contributed by atoms with van der Waals surface area (Å²) in [4.78, 5) is 12.1. The topological polar surface area (TPSA) is 95.6 Å². The Morgan fingerprint density at radius 3 is 2.90 bits per heavy atom. The number of hydrogen-bond acceptors (Lipinski definition) is 4. The van der Waals surface area contributed by atoms with Crippen LogP contribution < -0.4 is 11.1 Å². The van der Waals surface area contributed by atoms with Gasteiger partial charge in [0.2, 0.25) is 5.91 Å². The highest BCUT2D eigenvalue weighted by atomic mass is 16.3. The van der Waals surface area contributed by atoms with Gasteiger partial charge in [0.25, 0.3) is 0 Å². The van der Waals surface area contributed by atoms with Gasteiger partial charge < -0.3 is 21.3 Å². The van der Waals surface area contributed by atoms with Crippen LogP contribution in [0.4, 0.5) is 0 Å². The lowest BCUT2D eigenvalue weighted by atomic mass is 10.0. The third-order valence-corrected chi connectivity index (χ3v) is 3.85. The third kappa shape index (κ3) is 3.17. The molecule has 4 atom stereocenters. The molecule has 0 saturated heterocycles. The van der Waals surface area contributed by atoms with Gasteiger partial charge in [-0.2, -0.15) is 0 Å². The fourth-order valence-electron chi connectivity index (χ4n) is 2.65. The van der Waals surface area contributed by atoms with Crippen molar-refractivity contribution in [1.29, 1.82) is 0 Å². The maximum absolute atomic E-state index is 12.1. The van der Waals surface area contributed by atoms with Gasteiger partial charge in [0, 0.05) is 18.9 Å². The molecule has 5 heteroatoms. The summed E-state index contributed by atoms with van der Waals surface area (Å²) in [6.07, 6.45) is -0.382. The molecule has 0 saturated carbocycles. The Bertz CT molecular complexity index is 478. The minimum atomic E-state index is -0.670. The van der Waals surface area contributed by atoms with Crippen molar-refractivity contribution in [2.75, 3.05) is 6.54 Å². The first-order chi connectivity index (χ1) is 9.52. The molecule has 1 aliphatic rings. The first kappa shape index (κ1) is 15.0. The molecular formula is C15H22N2O3. The van der Waals surface area contributed by atoms with Gasteiger partial charge in [0.15, 0.2) is 0 Å². The van der Waals surface area contributed by atoms with Crippen LogP contribution in [0, 0.1) is 5.92 Å². The summed E-state index contributed by atoms with van der Waals surface area (Å²) in [7, 11) is 0. The molecule has 0 fully saturated rings. The summed E-state index contributed by atoms with van der Waals surface area (Å²) in [5, 5.41) is 22.5. The molecule has 0 heterocycles. The van der Waals surface area contributed by atoms with E-state index in [1.165, 1.54) is 0 Å². The molecule has 0 bridgehead atoms. The van der Waals surface area contributed by atoms with Gasteiger partial charge in [-0.1, -0.05) is 31.2 Å². The zero-order chi connectivity index (χ0) is 14.7. The van der Waals surface area contributed by atoms with Crippen LogP contribution in [-0.4, -0.2) is 34.9 Å². The molecule has 0 aliphatic heterocycles. The van der Waals surface area contributed by atoms with E-state index in [-0.39, 0.29) is 24.4 Å². The number of carbonyl (C=O) groups is 1. The second-order valence-electron chi connectivity index (χ2n) is 5.48. The highest BCUT2D eigenvalue weighted by Crippen LogP contribution is 2.31. The van der Waals surface area contributed by atoms with E-state index in [0.717, 1.165) is 11.1 Å². The Morgan fingerprint density at radius 2 is 2.20 bits per heavy atom. The van der Waals surface area contributed by atoms with Crippen molar-refractivity contribution in [1.82, 2.24) is 5.32 Å². The predicted octanol–water partition coefficient (Wildman–Crippen LogP) is 0.107. The van der Waals surface area contributed by atoms with Crippen molar-refractivity contribution in [3.8, 4) is 0 Å². The van der Waals surface area contributed by atoms with Crippen molar-refractivity contribution in [3.63, 3.8) is 0 Å². The van der Waals surface area contributed by atoms with Gasteiger partial charge in [0.1, 0.15) is 0 Å². The number of hydrogen-bond donors (Lipinski definition) is 4. The summed E-state index contributed by atoms with van der Waals surface area (Å²) in [5.41, 5.74) is 7.39. The zero-order valence-electron chi connectivity index (χ0n) is 11.6. The number of nitrogens with one attached hydrogen (secondary N) is 1. The molecule has 0 spiro atoms. The SMILES string of the molecule is CC(CC(O)CN)C(=O)NC1c2ccccc2CC1O. The highest BCUT2D eigenvalue weighted by Gasteiger charge is 2.32. The summed E-state index contributed by atoms with van der Waals surface area (Å²) < 4.78 is 0. The molecule has 1 aromatic carbocycles. The van der Waals surface area contributed by atoms with E-state index in [0.29, 0.717) is 12.8 Å². The molecule has 2 rings (SSSR count). The Labute approximate surface area is 118 Å². The number of fused-ring (bicyclic) bond motifs is 1. The van der Waals surface area contributed by atoms with E-state index in [1.807, 2.05) is 24.3 Å². The summed E-state index contributed by atoms with van der Waals surface area (Å²) >= 11 is 0. The highest BCUT2D eigenvalue weighted by molar-refractivity contribution is 5.79. The first-order valence-corrected chi connectivity index (χ1v) is 6.97. The number of benzene rings is 1. The van der Waals surface area contributed by atoms with Gasteiger partial charge in [-0.25, -0.2) is 0 Å². The molecule has 0 aromatic heterocycles. The monoisotopic (exact) mass is 278 g/mol. The largest absolute Gasteiger partial charge is 0.392 e. The standard InChI is InChI=1S/C15H22N2O3/c1-9(6-11(18)8-16)15(20)17-14-12-5-3-2-4-10(12)7-13(14)19/h2-5,9,11,13-14,18-19H,6-8,16H2,1H3,(H,17,20). The summed E-state index contributed by atoms with van der Waals surface area (Å²) in [6, 6.07) is 7.35. The maximum Gasteiger partial charge on any atom is 0.223 e. The minimum absolute atomic E-state index is 0.145. The van der Waals surface area contributed by atoms with Gasteiger partial charge in [-0.3, -0.25) is 4.79 Å². The van der Waals surface area contributed by atoms with Crippen molar-refractivity contribution < 1.29 is 15.0 Å². The normalized spacial score (nSPS) is 24.0. The second kappa shape index (κ2) is 6.35. The Kier molecular flexibility index (Phi) is 4.75. The van der Waals surface area contributed by atoms with E-state index in [9.17, 15) is 15.0 Å². The van der Waals surface area contributed by atoms with Crippen molar-refractivity contribution in [3.05, 3.63) is 35.4 Å². The number of rotatable bonds is 5. The van der Waals surface area contributed by atoms with Gasteiger partial charge >= 0.3 is 0 Å². The molecular weight excluding hydrogens is 256 g/mol. The third-order valence-electron chi connectivity index (χ3n) is 3.85. The van der Waals surface area contributed by atoms with Crippen LogP contribution in [0.15, 0.2) is 24.3 Å². The fraction of sp³-hybridized carbons (Fsp3) is 0.533. The van der Waals surface area contributed by atoms with Crippen molar-refractivity contribution in [2.24, 2.45) is 11.7 Å². The fourth-order valence-corrected chi connectivity index (χ4v) is 2.65. The number of aliphatic hydroxyl groups is 2. The zero-order valence-corrected chi connectivity index (χ0v) is 11.6. The molecule has 1 aliphatic carbocycles. The van der Waals surface area contributed by atoms with Crippen LogP contribution >= 0.6 is 0 Å². The molecule has 4 unspecified atom stereocenters. The van der Waals surface area contributed by atoms with Crippen molar-refractivity contribution in [2.45, 2.75) is 38.0 Å². The molecule has 1 aromatic rings. The van der Waals surface area contributed by atoms with Crippen molar-refractivity contribution >= 4 is 5.91 Å². The van der Waals surface area contributed by atoms with Crippen LogP contribution in [-0.2, 0) is 11.2 Å². The number of amides is 1. The lowest BCUT2D eigenvalue weighted by molar-refractivity contribution is -0.127. The van der Waals surface area contributed by atoms with Crippen LogP contribution in [0.25, 0.3) is 0 Å². The number of aliphatic hydroxyl groups excluding tert-OH is 2. The Morgan fingerprint density at radius 1 is 1.50 bits per heavy atom. The van der Waals surface area contributed by atoms with Gasteiger partial charge in [0.05, 0.1) is 18.2 Å². The van der Waals surface area contributed by atoms with Gasteiger partial charge in [-0.15, -0.1) is 0 Å². The summed E-state index contributed by atoms with van der Waals surface area (Å²) in [6.45, 7) is 1.90. The Hall–Kier alpha value is -1.43. The van der Waals surface area contributed by atoms with Crippen LogP contribution in [0.2, 0.25) is 0 Å². The van der Waals surface area contributed by atoms with E-state index in [1.54, 1.807) is 6.92 Å². The lowest BCUT2D eigenvalue weighted by Crippen LogP contribution is -2.38. The Balaban J connectivity index is 2.01. The van der Waals surface area contributed by atoms with Crippen LogP contribution in [0.3, 0.4) is 0 Å².